The molecule has 7 nitrogen and oxygen atoms in total. The maximum Gasteiger partial charge on any atom is 0.238 e. The summed E-state index contributed by atoms with van der Waals surface area (Å²) < 4.78 is 23.0. The number of carbonyl (C=O) groups excluding carboxylic acids is 2. The van der Waals surface area contributed by atoms with Gasteiger partial charge in [0.1, 0.15) is 0 Å². The molecule has 154 valence electrons. The Morgan fingerprint density at radius 3 is 2.62 bits per heavy atom. The van der Waals surface area contributed by atoms with Gasteiger partial charge < -0.3 is 10.2 Å². The van der Waals surface area contributed by atoms with Gasteiger partial charge in [0.05, 0.1) is 16.9 Å². The summed E-state index contributed by atoms with van der Waals surface area (Å²) in [6.45, 7) is 2.74. The summed E-state index contributed by atoms with van der Waals surface area (Å²) in [6, 6.07) is 15.7. The van der Waals surface area contributed by atoms with Crippen LogP contribution >= 0.6 is 0 Å². The maximum atomic E-state index is 12.6. The second kappa shape index (κ2) is 8.75. The molecule has 0 spiro atoms. The Bertz CT molecular complexity index is 992. The molecule has 1 fully saturated rings. The number of rotatable bonds is 7. The normalized spacial score (nSPS) is 17.9. The Kier molecular flexibility index (Phi) is 6.34. The van der Waals surface area contributed by atoms with Crippen molar-refractivity contribution in [3.8, 4) is 0 Å². The van der Waals surface area contributed by atoms with Gasteiger partial charge in [0.15, 0.2) is 0 Å². The van der Waals surface area contributed by atoms with E-state index in [4.69, 9.17) is 5.14 Å². The van der Waals surface area contributed by atoms with Crippen molar-refractivity contribution in [3.05, 3.63) is 65.7 Å². The fourth-order valence-corrected chi connectivity index (χ4v) is 4.02. The predicted molar refractivity (Wildman–Crippen MR) is 109 cm³/mol. The van der Waals surface area contributed by atoms with Crippen molar-refractivity contribution in [2.75, 3.05) is 13.1 Å². The van der Waals surface area contributed by atoms with Crippen LogP contribution in [0.2, 0.25) is 0 Å². The number of primary sulfonamides is 1. The molecule has 0 radical (unpaired) electrons. The first-order valence-electron chi connectivity index (χ1n) is 9.49. The van der Waals surface area contributed by atoms with Crippen LogP contribution in [0.25, 0.3) is 0 Å². The average molecular weight is 416 g/mol. The zero-order valence-electron chi connectivity index (χ0n) is 16.2. The van der Waals surface area contributed by atoms with Crippen LogP contribution in [0, 0.1) is 5.92 Å². The monoisotopic (exact) mass is 415 g/mol. The second-order valence-electron chi connectivity index (χ2n) is 7.32. The molecule has 1 aliphatic rings. The Morgan fingerprint density at radius 2 is 1.93 bits per heavy atom. The molecular formula is C21H25N3O4S. The number of hydrogen-bond acceptors (Lipinski definition) is 4. The topological polar surface area (TPSA) is 110 Å². The van der Waals surface area contributed by atoms with Crippen LogP contribution in [0.15, 0.2) is 59.5 Å². The van der Waals surface area contributed by atoms with Crippen molar-refractivity contribution in [1.29, 1.82) is 0 Å². The van der Waals surface area contributed by atoms with Crippen molar-refractivity contribution in [1.82, 2.24) is 10.2 Å². The number of benzene rings is 2. The Labute approximate surface area is 171 Å². The number of likely N-dealkylation sites (tertiary alicyclic amines) is 1. The van der Waals surface area contributed by atoms with E-state index in [1.807, 2.05) is 30.3 Å². The number of nitrogens with one attached hydrogen (secondary N) is 1. The lowest BCUT2D eigenvalue weighted by atomic mass is 10.1. The minimum absolute atomic E-state index is 0.000713. The van der Waals surface area contributed by atoms with Crippen LogP contribution in [-0.2, 0) is 26.0 Å². The van der Waals surface area contributed by atoms with Crippen LogP contribution in [0.4, 0.5) is 0 Å². The third-order valence-corrected chi connectivity index (χ3v) is 6.05. The number of nitrogens with zero attached hydrogens (tertiary/aromatic N) is 1. The zero-order valence-corrected chi connectivity index (χ0v) is 17.1. The molecule has 2 aromatic carbocycles. The summed E-state index contributed by atoms with van der Waals surface area (Å²) in [7, 11) is -3.81. The molecule has 2 aromatic rings. The number of amides is 2. The molecule has 0 aromatic heterocycles. The van der Waals surface area contributed by atoms with Gasteiger partial charge in [-0.3, -0.25) is 9.59 Å². The molecule has 0 aliphatic carbocycles. The highest BCUT2D eigenvalue weighted by molar-refractivity contribution is 7.89. The molecule has 0 saturated carbocycles. The Balaban J connectivity index is 1.57. The minimum Gasteiger partial charge on any atom is -0.349 e. The van der Waals surface area contributed by atoms with E-state index in [0.717, 1.165) is 12.0 Å². The third-order valence-electron chi connectivity index (χ3n) is 5.14. The third kappa shape index (κ3) is 5.42. The van der Waals surface area contributed by atoms with Gasteiger partial charge in [-0.05, 0) is 36.6 Å². The highest BCUT2D eigenvalue weighted by Crippen LogP contribution is 2.21. The van der Waals surface area contributed by atoms with Gasteiger partial charge in [0, 0.05) is 19.5 Å². The Hall–Kier alpha value is -2.71. The van der Waals surface area contributed by atoms with Crippen molar-refractivity contribution in [3.63, 3.8) is 0 Å². The van der Waals surface area contributed by atoms with Gasteiger partial charge in [-0.25, -0.2) is 13.6 Å². The molecule has 1 heterocycles. The summed E-state index contributed by atoms with van der Waals surface area (Å²) in [5.74, 6) is -0.652. The van der Waals surface area contributed by atoms with Crippen molar-refractivity contribution in [2.24, 2.45) is 11.1 Å². The van der Waals surface area contributed by atoms with E-state index < -0.39 is 22.0 Å². The van der Waals surface area contributed by atoms with E-state index in [-0.39, 0.29) is 23.1 Å². The summed E-state index contributed by atoms with van der Waals surface area (Å²) in [6.07, 6.45) is 0.933. The number of hydrogen-bond donors (Lipinski definition) is 2. The summed E-state index contributed by atoms with van der Waals surface area (Å²) in [5, 5.41) is 8.05. The lowest BCUT2D eigenvalue weighted by Gasteiger charge is -2.19. The standard InChI is InChI=1S/C21H25N3O4S/c1-15(17-8-5-9-19(12-17)29(22,27)28)23-21(26)18-13-20(25)24(14-18)11-10-16-6-3-2-4-7-16/h2-9,12,15,18H,10-11,13-14H2,1H3,(H,23,26)(H2,22,27,28). The van der Waals surface area contributed by atoms with Crippen molar-refractivity contribution >= 4 is 21.8 Å². The summed E-state index contributed by atoms with van der Waals surface area (Å²) in [5.41, 5.74) is 1.78. The molecule has 1 aliphatic heterocycles. The first-order valence-corrected chi connectivity index (χ1v) is 11.0. The smallest absolute Gasteiger partial charge is 0.238 e. The molecule has 0 bridgehead atoms. The van der Waals surface area contributed by atoms with Crippen LogP contribution in [-0.4, -0.2) is 38.2 Å². The van der Waals surface area contributed by atoms with E-state index in [1.165, 1.54) is 12.1 Å². The van der Waals surface area contributed by atoms with Crippen molar-refractivity contribution < 1.29 is 18.0 Å². The zero-order chi connectivity index (χ0) is 21.0. The molecular weight excluding hydrogens is 390 g/mol. The fraction of sp³-hybridized carbons (Fsp3) is 0.333. The summed E-state index contributed by atoms with van der Waals surface area (Å²) in [4.78, 5) is 26.7. The molecule has 3 N–H and O–H groups in total. The van der Waals surface area contributed by atoms with E-state index in [2.05, 4.69) is 5.32 Å². The minimum atomic E-state index is -3.81. The lowest BCUT2D eigenvalue weighted by Crippen LogP contribution is -2.35. The van der Waals surface area contributed by atoms with Gasteiger partial charge >= 0.3 is 0 Å². The van der Waals surface area contributed by atoms with Crippen LogP contribution in [0.3, 0.4) is 0 Å². The molecule has 2 unspecified atom stereocenters. The van der Waals surface area contributed by atoms with Gasteiger partial charge in [0.2, 0.25) is 21.8 Å². The molecule has 1 saturated heterocycles. The first-order chi connectivity index (χ1) is 13.7. The quantitative estimate of drug-likeness (QED) is 0.716. The molecule has 2 atom stereocenters. The highest BCUT2D eigenvalue weighted by Gasteiger charge is 2.34. The van der Waals surface area contributed by atoms with E-state index in [9.17, 15) is 18.0 Å². The molecule has 8 heteroatoms. The van der Waals surface area contributed by atoms with Gasteiger partial charge in [-0.2, -0.15) is 0 Å². The second-order valence-corrected chi connectivity index (χ2v) is 8.89. The predicted octanol–water partition coefficient (Wildman–Crippen LogP) is 1.60. The van der Waals surface area contributed by atoms with Gasteiger partial charge in [0.25, 0.3) is 0 Å². The van der Waals surface area contributed by atoms with Crippen LogP contribution < -0.4 is 10.5 Å². The van der Waals surface area contributed by atoms with E-state index >= 15 is 0 Å². The maximum absolute atomic E-state index is 12.6. The first kappa shape index (κ1) is 21.0. The number of carbonyl (C=O) groups is 2. The molecule has 29 heavy (non-hydrogen) atoms. The summed E-state index contributed by atoms with van der Waals surface area (Å²) >= 11 is 0. The molecule has 3 rings (SSSR count). The number of sulfonamides is 1. The highest BCUT2D eigenvalue weighted by atomic mass is 32.2. The lowest BCUT2D eigenvalue weighted by molar-refractivity contribution is -0.129. The van der Waals surface area contributed by atoms with E-state index in [1.54, 1.807) is 24.0 Å². The molecule has 2 amide bonds. The average Bonchev–Trinajstić information content (AvgIpc) is 3.07. The van der Waals surface area contributed by atoms with Gasteiger partial charge in [-0.1, -0.05) is 42.5 Å². The Morgan fingerprint density at radius 1 is 1.21 bits per heavy atom. The number of nitrogens with two attached hydrogens (primary N) is 1. The fourth-order valence-electron chi connectivity index (χ4n) is 3.45. The van der Waals surface area contributed by atoms with Crippen molar-refractivity contribution in [2.45, 2.75) is 30.7 Å². The van der Waals surface area contributed by atoms with Crippen LogP contribution in [0.5, 0.6) is 0 Å². The van der Waals surface area contributed by atoms with Gasteiger partial charge in [-0.15, -0.1) is 0 Å². The van der Waals surface area contributed by atoms with E-state index in [0.29, 0.717) is 18.7 Å². The largest absolute Gasteiger partial charge is 0.349 e. The SMILES string of the molecule is CC(NC(=O)C1CC(=O)N(CCc2ccccc2)C1)c1cccc(S(N)(=O)=O)c1. The van der Waals surface area contributed by atoms with Crippen LogP contribution in [0.1, 0.15) is 30.5 Å².